The lowest BCUT2D eigenvalue weighted by molar-refractivity contribution is -0.137. The molecule has 2 aromatic rings. The Morgan fingerprint density at radius 1 is 0.871 bits per heavy atom. The fraction of sp³-hybridized carbons (Fsp3) is 0.500. The van der Waals surface area contributed by atoms with Crippen molar-refractivity contribution < 1.29 is 13.2 Å². The standard InChI is InChI=1S/C24H27Cl2F3N2/c25-21-10-9-17(15-20(21)24(27,28)29)19-6-2-1-5-18(19)16-30-11-13-31(14-12-30)23-8-4-3-7-22(23)26/h3-4,7-10,15,18-19H,1-2,5-6,11-14,16H2. The number of halogens is 5. The molecule has 2 nitrogen and oxygen atoms in total. The number of para-hydroxylation sites is 1. The molecule has 0 bridgehead atoms. The van der Waals surface area contributed by atoms with Crippen molar-refractivity contribution in [1.29, 1.82) is 0 Å². The van der Waals surface area contributed by atoms with Crippen LogP contribution in [-0.2, 0) is 6.18 Å². The molecule has 0 amide bonds. The van der Waals surface area contributed by atoms with Crippen molar-refractivity contribution in [2.75, 3.05) is 37.6 Å². The highest BCUT2D eigenvalue weighted by Gasteiger charge is 2.35. The molecular weight excluding hydrogens is 444 g/mol. The van der Waals surface area contributed by atoms with Gasteiger partial charge in [0.2, 0.25) is 0 Å². The first-order valence-corrected chi connectivity index (χ1v) is 11.7. The monoisotopic (exact) mass is 470 g/mol. The number of rotatable bonds is 4. The zero-order chi connectivity index (χ0) is 22.0. The van der Waals surface area contributed by atoms with Gasteiger partial charge in [-0.2, -0.15) is 13.2 Å². The highest BCUT2D eigenvalue weighted by molar-refractivity contribution is 6.33. The van der Waals surface area contributed by atoms with E-state index in [9.17, 15) is 13.2 Å². The molecule has 1 aliphatic heterocycles. The molecule has 1 saturated carbocycles. The second-order valence-corrected chi connectivity index (χ2v) is 9.44. The maximum Gasteiger partial charge on any atom is 0.417 e. The van der Waals surface area contributed by atoms with Gasteiger partial charge >= 0.3 is 6.18 Å². The van der Waals surface area contributed by atoms with Gasteiger partial charge in [0.05, 0.1) is 21.3 Å². The fourth-order valence-electron chi connectivity index (χ4n) is 5.07. The number of anilines is 1. The molecule has 31 heavy (non-hydrogen) atoms. The Kier molecular flexibility index (Phi) is 7.04. The molecule has 1 heterocycles. The quantitative estimate of drug-likeness (QED) is 0.469. The molecule has 0 N–H and O–H groups in total. The van der Waals surface area contributed by atoms with Crippen molar-refractivity contribution in [1.82, 2.24) is 4.90 Å². The molecule has 1 aliphatic carbocycles. The lowest BCUT2D eigenvalue weighted by Crippen LogP contribution is -2.48. The van der Waals surface area contributed by atoms with Gasteiger partial charge in [-0.3, -0.25) is 4.90 Å². The van der Waals surface area contributed by atoms with Crippen LogP contribution in [0.25, 0.3) is 0 Å². The van der Waals surface area contributed by atoms with Crippen LogP contribution in [0.3, 0.4) is 0 Å². The zero-order valence-electron chi connectivity index (χ0n) is 17.3. The summed E-state index contributed by atoms with van der Waals surface area (Å²) in [7, 11) is 0. The minimum absolute atomic E-state index is 0.147. The Labute approximate surface area is 191 Å². The van der Waals surface area contributed by atoms with Gasteiger partial charge in [0.25, 0.3) is 0 Å². The number of hydrogen-bond acceptors (Lipinski definition) is 2. The third kappa shape index (κ3) is 5.32. The second kappa shape index (κ2) is 9.60. The highest BCUT2D eigenvalue weighted by atomic mass is 35.5. The first-order valence-electron chi connectivity index (χ1n) is 10.9. The molecule has 2 aliphatic rings. The van der Waals surface area contributed by atoms with E-state index >= 15 is 0 Å². The SMILES string of the molecule is FC(F)(F)c1cc(C2CCCCC2CN2CCN(c3ccccc3Cl)CC2)ccc1Cl. The van der Waals surface area contributed by atoms with E-state index in [0.717, 1.165) is 74.7 Å². The van der Waals surface area contributed by atoms with Crippen LogP contribution in [0.15, 0.2) is 42.5 Å². The minimum Gasteiger partial charge on any atom is -0.368 e. The Morgan fingerprint density at radius 3 is 2.29 bits per heavy atom. The second-order valence-electron chi connectivity index (χ2n) is 8.63. The molecule has 168 valence electrons. The van der Waals surface area contributed by atoms with Crippen LogP contribution in [0.5, 0.6) is 0 Å². The predicted octanol–water partition coefficient (Wildman–Crippen LogP) is 7.11. The Hall–Kier alpha value is -1.43. The van der Waals surface area contributed by atoms with Crippen molar-refractivity contribution in [2.45, 2.75) is 37.8 Å². The Bertz CT molecular complexity index is 895. The van der Waals surface area contributed by atoms with Gasteiger partial charge in [-0.1, -0.05) is 54.2 Å². The molecule has 2 unspecified atom stereocenters. The summed E-state index contributed by atoms with van der Waals surface area (Å²) < 4.78 is 40.1. The van der Waals surface area contributed by atoms with Gasteiger partial charge in [-0.05, 0) is 54.5 Å². The first kappa shape index (κ1) is 22.8. The number of alkyl halides is 3. The van der Waals surface area contributed by atoms with Crippen molar-refractivity contribution in [3.05, 3.63) is 63.6 Å². The lowest BCUT2D eigenvalue weighted by Gasteiger charge is -2.41. The maximum absolute atomic E-state index is 13.4. The zero-order valence-corrected chi connectivity index (χ0v) is 18.9. The van der Waals surface area contributed by atoms with Crippen LogP contribution < -0.4 is 4.90 Å². The minimum atomic E-state index is -4.42. The predicted molar refractivity (Wildman–Crippen MR) is 121 cm³/mol. The van der Waals surface area contributed by atoms with Gasteiger partial charge < -0.3 is 4.90 Å². The van der Waals surface area contributed by atoms with Gasteiger partial charge in [-0.15, -0.1) is 0 Å². The third-order valence-corrected chi connectivity index (χ3v) is 7.34. The molecule has 1 saturated heterocycles. The van der Waals surface area contributed by atoms with E-state index in [1.807, 2.05) is 24.3 Å². The fourth-order valence-corrected chi connectivity index (χ4v) is 5.55. The summed E-state index contributed by atoms with van der Waals surface area (Å²) in [5.41, 5.74) is 1.13. The van der Waals surface area contributed by atoms with Crippen molar-refractivity contribution >= 4 is 28.9 Å². The molecular formula is C24H27Cl2F3N2. The maximum atomic E-state index is 13.4. The topological polar surface area (TPSA) is 6.48 Å². The Balaban J connectivity index is 1.43. The third-order valence-electron chi connectivity index (χ3n) is 6.69. The highest BCUT2D eigenvalue weighted by Crippen LogP contribution is 2.42. The summed E-state index contributed by atoms with van der Waals surface area (Å²) in [6.07, 6.45) is -0.235. The molecule has 2 fully saturated rings. The van der Waals surface area contributed by atoms with Crippen LogP contribution in [0, 0.1) is 5.92 Å². The summed E-state index contributed by atoms with van der Waals surface area (Å²) >= 11 is 12.2. The van der Waals surface area contributed by atoms with Crippen LogP contribution in [0.2, 0.25) is 10.0 Å². The average molecular weight is 471 g/mol. The molecule has 0 radical (unpaired) electrons. The summed E-state index contributed by atoms with van der Waals surface area (Å²) in [5, 5.41) is 0.547. The molecule has 0 spiro atoms. The number of benzene rings is 2. The van der Waals surface area contributed by atoms with E-state index in [1.54, 1.807) is 6.07 Å². The number of nitrogens with zero attached hydrogens (tertiary/aromatic N) is 2. The normalized spacial score (nSPS) is 23.2. The van der Waals surface area contributed by atoms with Gasteiger partial charge in [0, 0.05) is 32.7 Å². The van der Waals surface area contributed by atoms with E-state index in [-0.39, 0.29) is 10.9 Å². The van der Waals surface area contributed by atoms with Gasteiger partial charge in [0.1, 0.15) is 0 Å². The van der Waals surface area contributed by atoms with E-state index < -0.39 is 11.7 Å². The van der Waals surface area contributed by atoms with Gasteiger partial charge in [0.15, 0.2) is 0 Å². The van der Waals surface area contributed by atoms with Crippen LogP contribution in [-0.4, -0.2) is 37.6 Å². The average Bonchev–Trinajstić information content (AvgIpc) is 2.75. The van der Waals surface area contributed by atoms with E-state index in [0.29, 0.717) is 5.92 Å². The van der Waals surface area contributed by atoms with Crippen LogP contribution >= 0.6 is 23.2 Å². The van der Waals surface area contributed by atoms with E-state index in [1.165, 1.54) is 12.1 Å². The lowest BCUT2D eigenvalue weighted by atomic mass is 9.75. The largest absolute Gasteiger partial charge is 0.417 e. The first-order chi connectivity index (χ1) is 14.8. The van der Waals surface area contributed by atoms with Crippen molar-refractivity contribution in [3.8, 4) is 0 Å². The molecule has 0 aromatic heterocycles. The summed E-state index contributed by atoms with van der Waals surface area (Å²) in [6, 6.07) is 12.4. The smallest absolute Gasteiger partial charge is 0.368 e. The van der Waals surface area contributed by atoms with Gasteiger partial charge in [-0.25, -0.2) is 0 Å². The summed E-state index contributed by atoms with van der Waals surface area (Å²) in [4.78, 5) is 4.77. The molecule has 2 aromatic carbocycles. The molecule has 2 atom stereocenters. The summed E-state index contributed by atoms with van der Waals surface area (Å²) in [5.74, 6) is 0.511. The summed E-state index contributed by atoms with van der Waals surface area (Å²) in [6.45, 7) is 4.59. The van der Waals surface area contributed by atoms with E-state index in [2.05, 4.69) is 9.80 Å². The Morgan fingerprint density at radius 2 is 1.58 bits per heavy atom. The number of hydrogen-bond donors (Lipinski definition) is 0. The molecule has 7 heteroatoms. The molecule has 4 rings (SSSR count). The number of piperazine rings is 1. The van der Waals surface area contributed by atoms with E-state index in [4.69, 9.17) is 23.2 Å². The van der Waals surface area contributed by atoms with Crippen LogP contribution in [0.1, 0.15) is 42.7 Å². The van der Waals surface area contributed by atoms with Crippen molar-refractivity contribution in [3.63, 3.8) is 0 Å². The van der Waals surface area contributed by atoms with Crippen molar-refractivity contribution in [2.24, 2.45) is 5.92 Å². The van der Waals surface area contributed by atoms with Crippen LogP contribution in [0.4, 0.5) is 18.9 Å².